The molecule has 3 rings (SSSR count). The van der Waals surface area contributed by atoms with Crippen molar-refractivity contribution < 1.29 is 4.74 Å². The molecule has 0 bridgehead atoms. The van der Waals surface area contributed by atoms with Crippen LogP contribution in [0.4, 0.5) is 0 Å². The molecule has 0 fully saturated rings. The molecule has 146 valence electrons. The number of nitrogens with zero attached hydrogens (tertiary/aromatic N) is 2. The Bertz CT molecular complexity index is 1230. The van der Waals surface area contributed by atoms with Gasteiger partial charge in [0.1, 0.15) is 5.75 Å². The minimum atomic E-state index is -0.889. The van der Waals surface area contributed by atoms with Crippen LogP contribution >= 0.6 is 46.6 Å². The first-order valence-electron chi connectivity index (χ1n) is 7.66. The Morgan fingerprint density at radius 3 is 2.25 bits per heavy atom. The van der Waals surface area contributed by atoms with Gasteiger partial charge < -0.3 is 4.74 Å². The minimum Gasteiger partial charge on any atom is -0.496 e. The van der Waals surface area contributed by atoms with Crippen molar-refractivity contribution in [2.24, 2.45) is 7.05 Å². The molecule has 28 heavy (non-hydrogen) atoms. The van der Waals surface area contributed by atoms with Gasteiger partial charge in [-0.1, -0.05) is 46.6 Å². The Balaban J connectivity index is 2.11. The number of H-pyrrole nitrogens is 1. The summed E-state index contributed by atoms with van der Waals surface area (Å²) in [5.41, 5.74) is -2.39. The summed E-state index contributed by atoms with van der Waals surface area (Å²) in [4.78, 5) is 39.2. The van der Waals surface area contributed by atoms with Gasteiger partial charge in [0.05, 0.1) is 27.7 Å². The summed E-state index contributed by atoms with van der Waals surface area (Å²) >= 11 is 20.0. The highest BCUT2D eigenvalue weighted by Crippen LogP contribution is 2.43. The molecule has 2 aromatic carbocycles. The molecule has 0 saturated heterocycles. The third kappa shape index (κ3) is 3.86. The van der Waals surface area contributed by atoms with Crippen LogP contribution in [0.15, 0.2) is 54.5 Å². The zero-order valence-electron chi connectivity index (χ0n) is 14.5. The second-order valence-corrected chi connectivity index (χ2v) is 7.85. The van der Waals surface area contributed by atoms with Crippen LogP contribution in [0.25, 0.3) is 5.69 Å². The molecule has 1 heterocycles. The normalized spacial score (nSPS) is 10.9. The number of halogens is 3. The van der Waals surface area contributed by atoms with Crippen LogP contribution in [0.2, 0.25) is 15.1 Å². The highest BCUT2D eigenvalue weighted by molar-refractivity contribution is 7.99. The van der Waals surface area contributed by atoms with E-state index in [0.717, 1.165) is 14.0 Å². The third-order valence-electron chi connectivity index (χ3n) is 3.78. The van der Waals surface area contributed by atoms with Crippen molar-refractivity contribution in [3.63, 3.8) is 0 Å². The lowest BCUT2D eigenvalue weighted by molar-refractivity contribution is 0.405. The lowest BCUT2D eigenvalue weighted by Gasteiger charge is -2.13. The van der Waals surface area contributed by atoms with E-state index < -0.39 is 17.1 Å². The Morgan fingerprint density at radius 1 is 1.00 bits per heavy atom. The van der Waals surface area contributed by atoms with Gasteiger partial charge in [0.2, 0.25) is 0 Å². The van der Waals surface area contributed by atoms with Crippen LogP contribution in [-0.4, -0.2) is 21.2 Å². The number of rotatable bonds is 4. The molecule has 1 N–H and O–H groups in total. The topological polar surface area (TPSA) is 86.1 Å². The molecule has 0 aliphatic heterocycles. The van der Waals surface area contributed by atoms with E-state index in [1.54, 1.807) is 18.2 Å². The van der Waals surface area contributed by atoms with E-state index >= 15 is 0 Å². The number of nitrogens with one attached hydrogen (secondary N) is 1. The van der Waals surface area contributed by atoms with Gasteiger partial charge in [-0.05, 0) is 30.3 Å². The van der Waals surface area contributed by atoms with E-state index in [1.165, 1.54) is 38.1 Å². The van der Waals surface area contributed by atoms with Gasteiger partial charge in [0, 0.05) is 17.0 Å². The van der Waals surface area contributed by atoms with Crippen molar-refractivity contribution in [3.05, 3.63) is 76.9 Å². The molecular weight excluding hydrogens is 449 g/mol. The number of benzene rings is 2. The first kappa shape index (κ1) is 20.6. The molecule has 0 spiro atoms. The number of methoxy groups -OCH3 is 1. The number of aromatic amines is 1. The monoisotopic (exact) mass is 459 g/mol. The molecule has 3 aromatic rings. The lowest BCUT2D eigenvalue weighted by atomic mass is 10.3. The van der Waals surface area contributed by atoms with E-state index in [0.29, 0.717) is 15.7 Å². The largest absolute Gasteiger partial charge is 0.496 e. The van der Waals surface area contributed by atoms with Crippen LogP contribution in [0.1, 0.15) is 0 Å². The number of ether oxygens (including phenoxy) is 1. The molecular formula is C17H12Cl3N3O4S. The zero-order valence-corrected chi connectivity index (χ0v) is 17.5. The molecule has 0 amide bonds. The molecule has 0 saturated carbocycles. The summed E-state index contributed by atoms with van der Waals surface area (Å²) in [5.74, 6) is 0.541. The van der Waals surface area contributed by atoms with E-state index in [2.05, 4.69) is 4.98 Å². The fourth-order valence-corrected chi connectivity index (χ4v) is 4.17. The van der Waals surface area contributed by atoms with Gasteiger partial charge in [-0.25, -0.2) is 23.5 Å². The molecule has 11 heteroatoms. The number of hydrogen-bond donors (Lipinski definition) is 1. The van der Waals surface area contributed by atoms with Crippen molar-refractivity contribution >= 4 is 46.6 Å². The predicted molar refractivity (Wildman–Crippen MR) is 110 cm³/mol. The van der Waals surface area contributed by atoms with E-state index in [9.17, 15) is 14.4 Å². The fourth-order valence-electron chi connectivity index (χ4n) is 2.39. The Kier molecular flexibility index (Phi) is 5.95. The molecule has 7 nitrogen and oxygen atoms in total. The zero-order chi connectivity index (χ0) is 20.6. The Morgan fingerprint density at radius 2 is 1.64 bits per heavy atom. The molecule has 0 radical (unpaired) electrons. The van der Waals surface area contributed by atoms with Gasteiger partial charge in [-0.2, -0.15) is 0 Å². The van der Waals surface area contributed by atoms with Crippen molar-refractivity contribution in [1.29, 1.82) is 0 Å². The summed E-state index contributed by atoms with van der Waals surface area (Å²) in [5, 5.41) is 0.941. The summed E-state index contributed by atoms with van der Waals surface area (Å²) in [6.45, 7) is 0. The first-order valence-corrected chi connectivity index (χ1v) is 9.61. The van der Waals surface area contributed by atoms with Gasteiger partial charge in [-0.3, -0.25) is 4.98 Å². The van der Waals surface area contributed by atoms with Crippen LogP contribution < -0.4 is 21.8 Å². The average molecular weight is 461 g/mol. The second kappa shape index (κ2) is 8.08. The smallest absolute Gasteiger partial charge is 0.340 e. The molecule has 0 aliphatic carbocycles. The SMILES string of the molecule is COc1cc(Cl)ccc1Sc1c(Cl)cc(-n2c(=O)[nH]c(=O)n(C)c2=O)cc1Cl. The van der Waals surface area contributed by atoms with Crippen molar-refractivity contribution in [1.82, 2.24) is 14.1 Å². The summed E-state index contributed by atoms with van der Waals surface area (Å²) in [6, 6.07) is 7.95. The van der Waals surface area contributed by atoms with Crippen LogP contribution in [0.5, 0.6) is 5.75 Å². The highest BCUT2D eigenvalue weighted by Gasteiger charge is 2.16. The predicted octanol–water partition coefficient (Wildman–Crippen LogP) is 3.34. The molecule has 1 aromatic heterocycles. The highest BCUT2D eigenvalue weighted by atomic mass is 35.5. The maximum Gasteiger partial charge on any atom is 0.340 e. The van der Waals surface area contributed by atoms with E-state index in [1.807, 2.05) is 0 Å². The summed E-state index contributed by atoms with van der Waals surface area (Å²) < 4.78 is 6.85. The Labute approximate surface area is 177 Å². The lowest BCUT2D eigenvalue weighted by Crippen LogP contribution is -2.47. The van der Waals surface area contributed by atoms with Crippen LogP contribution in [0.3, 0.4) is 0 Å². The summed E-state index contributed by atoms with van der Waals surface area (Å²) in [7, 11) is 2.76. The fraction of sp³-hybridized carbons (Fsp3) is 0.118. The molecule has 0 atom stereocenters. The molecule has 0 aliphatic rings. The maximum atomic E-state index is 12.3. The minimum absolute atomic E-state index is 0.129. The van der Waals surface area contributed by atoms with E-state index in [-0.39, 0.29) is 15.7 Å². The second-order valence-electron chi connectivity index (χ2n) is 5.55. The van der Waals surface area contributed by atoms with Gasteiger partial charge >= 0.3 is 17.1 Å². The number of hydrogen-bond acceptors (Lipinski definition) is 5. The van der Waals surface area contributed by atoms with E-state index in [4.69, 9.17) is 39.5 Å². The molecule has 0 unspecified atom stereocenters. The van der Waals surface area contributed by atoms with Gasteiger partial charge in [-0.15, -0.1) is 0 Å². The average Bonchev–Trinajstić information content (AvgIpc) is 2.63. The van der Waals surface area contributed by atoms with Crippen LogP contribution in [0, 0.1) is 0 Å². The van der Waals surface area contributed by atoms with Crippen molar-refractivity contribution in [2.75, 3.05) is 7.11 Å². The Hall–Kier alpha value is -2.13. The van der Waals surface area contributed by atoms with Gasteiger partial charge in [0.15, 0.2) is 0 Å². The number of aromatic nitrogens is 3. The first-order chi connectivity index (χ1) is 13.2. The van der Waals surface area contributed by atoms with Gasteiger partial charge in [0.25, 0.3) is 0 Å². The third-order valence-corrected chi connectivity index (χ3v) is 6.04. The van der Waals surface area contributed by atoms with Crippen LogP contribution in [-0.2, 0) is 7.05 Å². The maximum absolute atomic E-state index is 12.3. The van der Waals surface area contributed by atoms with Crippen molar-refractivity contribution in [3.8, 4) is 11.4 Å². The van der Waals surface area contributed by atoms with Crippen molar-refractivity contribution in [2.45, 2.75) is 9.79 Å². The standard InChI is InChI=1S/C17H12Cl3N3O4S/c1-22-15(24)21-16(25)23(17(22)26)9-6-10(19)14(11(20)7-9)28-13-4-3-8(18)5-12(13)27-2/h3-7H,1-2H3,(H,21,24,25). The quantitative estimate of drug-likeness (QED) is 0.645. The summed E-state index contributed by atoms with van der Waals surface area (Å²) in [6.07, 6.45) is 0.